The van der Waals surface area contributed by atoms with E-state index in [9.17, 15) is 19.2 Å². The minimum atomic E-state index is -0.809. The maximum atomic E-state index is 12.3. The number of fused-ring (bicyclic) bond motifs is 1. The molecule has 1 heterocycles. The third kappa shape index (κ3) is 5.98. The molecule has 9 nitrogen and oxygen atoms in total. The number of ether oxygens (including phenoxy) is 1. The number of nitrogens with one attached hydrogen (secondary N) is 2. The zero-order valence-electron chi connectivity index (χ0n) is 17.1. The molecule has 2 aromatic rings. The Hall–Kier alpha value is -3.11. The summed E-state index contributed by atoms with van der Waals surface area (Å²) >= 11 is 7.19. The molecule has 1 aliphatic carbocycles. The molecule has 1 unspecified atom stereocenters. The van der Waals surface area contributed by atoms with E-state index in [4.69, 9.17) is 27.8 Å². The van der Waals surface area contributed by atoms with Crippen LogP contribution < -0.4 is 22.1 Å². The summed E-state index contributed by atoms with van der Waals surface area (Å²) < 4.78 is 5.06. The topological polar surface area (TPSA) is 154 Å². The number of urea groups is 1. The second kappa shape index (κ2) is 10.5. The molecule has 0 bridgehead atoms. The number of primary amides is 2. The summed E-state index contributed by atoms with van der Waals surface area (Å²) in [4.78, 5) is 48.9. The van der Waals surface area contributed by atoms with Crippen molar-refractivity contribution in [3.8, 4) is 0 Å². The molecule has 1 aromatic carbocycles. The van der Waals surface area contributed by atoms with Gasteiger partial charge in [0.1, 0.15) is 5.00 Å². The lowest BCUT2D eigenvalue weighted by Crippen LogP contribution is -2.35. The van der Waals surface area contributed by atoms with Crippen LogP contribution in [0.1, 0.15) is 51.7 Å². The molecule has 4 amide bonds. The fourth-order valence-corrected chi connectivity index (χ4v) is 5.00. The summed E-state index contributed by atoms with van der Waals surface area (Å²) in [7, 11) is 0. The lowest BCUT2D eigenvalue weighted by atomic mass is 9.95. The molecule has 0 spiro atoms. The number of esters is 1. The van der Waals surface area contributed by atoms with Crippen LogP contribution in [-0.4, -0.2) is 30.4 Å². The molecule has 1 aliphatic rings. The highest BCUT2D eigenvalue weighted by Crippen LogP contribution is 2.37. The third-order valence-corrected chi connectivity index (χ3v) is 6.45. The van der Waals surface area contributed by atoms with Crippen LogP contribution in [0.3, 0.4) is 0 Å². The Morgan fingerprint density at radius 2 is 1.78 bits per heavy atom. The van der Waals surface area contributed by atoms with E-state index < -0.39 is 36.5 Å². The van der Waals surface area contributed by atoms with E-state index in [1.807, 2.05) is 0 Å². The van der Waals surface area contributed by atoms with Crippen molar-refractivity contribution >= 4 is 51.8 Å². The van der Waals surface area contributed by atoms with Crippen LogP contribution in [0, 0.1) is 0 Å². The number of hydrogen-bond donors (Lipinski definition) is 4. The number of benzene rings is 1. The summed E-state index contributed by atoms with van der Waals surface area (Å²) in [6.07, 6.45) is 3.32. The third-order valence-electron chi connectivity index (χ3n) is 4.99. The SMILES string of the molecule is NC(=O)NC(CC(=O)OCC(=O)Nc1sc2c(c1C(N)=O)CCCC2)c1ccc(Cl)cc1. The molecule has 0 aliphatic heterocycles. The second-order valence-electron chi connectivity index (χ2n) is 7.30. The van der Waals surface area contributed by atoms with Crippen LogP contribution >= 0.6 is 22.9 Å². The van der Waals surface area contributed by atoms with E-state index in [1.54, 1.807) is 24.3 Å². The Kier molecular flexibility index (Phi) is 7.70. The van der Waals surface area contributed by atoms with Gasteiger partial charge in [-0.15, -0.1) is 11.3 Å². The zero-order chi connectivity index (χ0) is 23.3. The van der Waals surface area contributed by atoms with Crippen molar-refractivity contribution in [3.05, 3.63) is 50.9 Å². The van der Waals surface area contributed by atoms with Crippen molar-refractivity contribution < 1.29 is 23.9 Å². The Balaban J connectivity index is 1.60. The fraction of sp³-hybridized carbons (Fsp3) is 0.333. The van der Waals surface area contributed by atoms with Crippen LogP contribution in [0.2, 0.25) is 5.02 Å². The van der Waals surface area contributed by atoms with E-state index in [0.29, 0.717) is 21.2 Å². The van der Waals surface area contributed by atoms with E-state index in [-0.39, 0.29) is 6.42 Å². The van der Waals surface area contributed by atoms with E-state index in [1.165, 1.54) is 11.3 Å². The van der Waals surface area contributed by atoms with Crippen molar-refractivity contribution in [1.29, 1.82) is 0 Å². The zero-order valence-corrected chi connectivity index (χ0v) is 18.7. The molecule has 11 heteroatoms. The maximum Gasteiger partial charge on any atom is 0.312 e. The van der Waals surface area contributed by atoms with E-state index in [2.05, 4.69) is 10.6 Å². The number of aryl methyl sites for hydroxylation is 1. The molecule has 0 radical (unpaired) electrons. The van der Waals surface area contributed by atoms with Crippen LogP contribution in [-0.2, 0) is 27.2 Å². The first-order valence-corrected chi connectivity index (χ1v) is 11.1. The minimum Gasteiger partial charge on any atom is -0.455 e. The molecular formula is C21H23ClN4O5S. The number of thiophene rings is 1. The van der Waals surface area contributed by atoms with Gasteiger partial charge in [0.15, 0.2) is 6.61 Å². The first kappa shape index (κ1) is 23.6. The van der Waals surface area contributed by atoms with Gasteiger partial charge in [0.25, 0.3) is 11.8 Å². The number of carbonyl (C=O) groups is 4. The van der Waals surface area contributed by atoms with Crippen molar-refractivity contribution in [1.82, 2.24) is 5.32 Å². The van der Waals surface area contributed by atoms with Gasteiger partial charge in [-0.05, 0) is 48.9 Å². The summed E-state index contributed by atoms with van der Waals surface area (Å²) in [6.45, 7) is -0.552. The number of nitrogens with two attached hydrogens (primary N) is 2. The second-order valence-corrected chi connectivity index (χ2v) is 8.85. The van der Waals surface area contributed by atoms with Crippen molar-refractivity contribution in [2.45, 2.75) is 38.1 Å². The highest BCUT2D eigenvalue weighted by Gasteiger charge is 2.25. The van der Waals surface area contributed by atoms with Crippen LogP contribution in [0.15, 0.2) is 24.3 Å². The molecule has 3 rings (SSSR count). The fourth-order valence-electron chi connectivity index (χ4n) is 3.57. The number of rotatable bonds is 8. The average molecular weight is 479 g/mol. The number of carbonyl (C=O) groups excluding carboxylic acids is 4. The Labute approximate surface area is 193 Å². The van der Waals surface area contributed by atoms with Gasteiger partial charge in [-0.25, -0.2) is 4.79 Å². The van der Waals surface area contributed by atoms with Gasteiger partial charge < -0.3 is 26.8 Å². The van der Waals surface area contributed by atoms with Gasteiger partial charge in [-0.3, -0.25) is 14.4 Å². The van der Waals surface area contributed by atoms with Crippen LogP contribution in [0.25, 0.3) is 0 Å². The van der Waals surface area contributed by atoms with Gasteiger partial charge >= 0.3 is 12.0 Å². The molecule has 170 valence electrons. The quantitative estimate of drug-likeness (QED) is 0.429. The van der Waals surface area contributed by atoms with Gasteiger partial charge in [-0.1, -0.05) is 23.7 Å². The minimum absolute atomic E-state index is 0.238. The predicted molar refractivity (Wildman–Crippen MR) is 121 cm³/mol. The Morgan fingerprint density at radius 3 is 2.44 bits per heavy atom. The molecule has 0 saturated carbocycles. The Bertz CT molecular complexity index is 1040. The van der Waals surface area contributed by atoms with Crippen molar-refractivity contribution in [2.75, 3.05) is 11.9 Å². The van der Waals surface area contributed by atoms with Gasteiger partial charge in [0.2, 0.25) is 0 Å². The highest BCUT2D eigenvalue weighted by atomic mass is 35.5. The first-order valence-electron chi connectivity index (χ1n) is 9.96. The summed E-state index contributed by atoms with van der Waals surface area (Å²) in [5.74, 6) is -1.90. The highest BCUT2D eigenvalue weighted by molar-refractivity contribution is 7.17. The van der Waals surface area contributed by atoms with E-state index >= 15 is 0 Å². The normalized spacial score (nSPS) is 13.5. The number of halogens is 1. The molecule has 1 atom stereocenters. The molecule has 0 fully saturated rings. The lowest BCUT2D eigenvalue weighted by molar-refractivity contribution is -0.147. The molecule has 1 aromatic heterocycles. The molecule has 0 saturated heterocycles. The van der Waals surface area contributed by atoms with Crippen molar-refractivity contribution in [2.24, 2.45) is 11.5 Å². The molecule has 32 heavy (non-hydrogen) atoms. The predicted octanol–water partition coefficient (Wildman–Crippen LogP) is 2.66. The number of amides is 4. The lowest BCUT2D eigenvalue weighted by Gasteiger charge is -2.17. The monoisotopic (exact) mass is 478 g/mol. The molecular weight excluding hydrogens is 456 g/mol. The maximum absolute atomic E-state index is 12.3. The average Bonchev–Trinajstić information content (AvgIpc) is 3.10. The molecule has 6 N–H and O–H groups in total. The van der Waals surface area contributed by atoms with Gasteiger partial charge in [0, 0.05) is 9.90 Å². The largest absolute Gasteiger partial charge is 0.455 e. The first-order chi connectivity index (χ1) is 15.2. The van der Waals surface area contributed by atoms with Crippen molar-refractivity contribution in [3.63, 3.8) is 0 Å². The number of hydrogen-bond acceptors (Lipinski definition) is 6. The summed E-state index contributed by atoms with van der Waals surface area (Å²) in [6, 6.07) is 4.96. The smallest absolute Gasteiger partial charge is 0.312 e. The Morgan fingerprint density at radius 1 is 1.09 bits per heavy atom. The van der Waals surface area contributed by atoms with Crippen LogP contribution in [0.5, 0.6) is 0 Å². The summed E-state index contributed by atoms with van der Waals surface area (Å²) in [5, 5.41) is 5.96. The van der Waals surface area contributed by atoms with Gasteiger partial charge in [-0.2, -0.15) is 0 Å². The van der Waals surface area contributed by atoms with Crippen LogP contribution in [0.4, 0.5) is 9.80 Å². The van der Waals surface area contributed by atoms with Gasteiger partial charge in [0.05, 0.1) is 18.0 Å². The number of anilines is 1. The summed E-state index contributed by atoms with van der Waals surface area (Å²) in [5.41, 5.74) is 12.5. The standard InChI is InChI=1S/C21H23ClN4O5S/c22-12-7-5-11(6-8-12)14(25-21(24)30)9-17(28)31-10-16(27)26-20-18(19(23)29)13-3-1-2-4-15(13)32-20/h5-8,14H,1-4,9-10H2,(H2,23,29)(H,26,27)(H3,24,25,30). The van der Waals surface area contributed by atoms with E-state index in [0.717, 1.165) is 36.1 Å².